The predicted octanol–water partition coefficient (Wildman–Crippen LogP) is 2.01. The first kappa shape index (κ1) is 15.1. The highest BCUT2D eigenvalue weighted by molar-refractivity contribution is 6.35. The molecule has 0 bridgehead atoms. The number of nitrogens with one attached hydrogen (secondary N) is 2. The number of carbonyl (C=O) groups excluding carboxylic acids is 1. The van der Waals surface area contributed by atoms with Gasteiger partial charge in [0.05, 0.1) is 12.4 Å². The number of halogens is 1. The van der Waals surface area contributed by atoms with Crippen LogP contribution in [-0.2, 0) is 6.54 Å². The smallest absolute Gasteiger partial charge is 0.271 e. The summed E-state index contributed by atoms with van der Waals surface area (Å²) in [6.07, 6.45) is 5.23. The number of nitrogen functional groups attached to an aromatic ring is 1. The van der Waals surface area contributed by atoms with E-state index in [-0.39, 0.29) is 28.5 Å². The zero-order chi connectivity index (χ0) is 16.2. The summed E-state index contributed by atoms with van der Waals surface area (Å²) in [4.78, 5) is 16.5. The first-order valence-corrected chi connectivity index (χ1v) is 7.34. The predicted molar refractivity (Wildman–Crippen MR) is 86.9 cm³/mol. The Morgan fingerprint density at radius 2 is 2.17 bits per heavy atom. The molecule has 0 aliphatic rings. The number of imidazole rings is 1. The van der Waals surface area contributed by atoms with Crippen molar-refractivity contribution in [3.8, 4) is 0 Å². The second-order valence-electron chi connectivity index (χ2n) is 4.99. The Bertz CT molecular complexity index is 784. The molecule has 1 atom stereocenters. The second-order valence-corrected chi connectivity index (χ2v) is 5.37. The van der Waals surface area contributed by atoms with E-state index in [4.69, 9.17) is 17.3 Å². The Balaban J connectivity index is 1.83. The summed E-state index contributed by atoms with van der Waals surface area (Å²) in [5.74, 6) is -0.268. The molecule has 0 unspecified atom stereocenters. The molecule has 3 aromatic rings. The number of nitrogens with two attached hydrogens (primary N) is 1. The number of rotatable bonds is 5. The molecule has 0 spiro atoms. The van der Waals surface area contributed by atoms with Crippen LogP contribution in [0.3, 0.4) is 0 Å². The van der Waals surface area contributed by atoms with Gasteiger partial charge in [-0.15, -0.1) is 0 Å². The zero-order valence-electron chi connectivity index (χ0n) is 12.1. The Morgan fingerprint density at radius 3 is 2.78 bits per heavy atom. The molecule has 23 heavy (non-hydrogen) atoms. The Morgan fingerprint density at radius 1 is 1.39 bits per heavy atom. The highest BCUT2D eigenvalue weighted by Gasteiger charge is 2.21. The third-order valence-electron chi connectivity index (χ3n) is 3.42. The largest absolute Gasteiger partial charge is 0.381 e. The van der Waals surface area contributed by atoms with Crippen molar-refractivity contribution in [1.29, 1.82) is 0 Å². The molecule has 0 aliphatic carbocycles. The lowest BCUT2D eigenvalue weighted by Crippen LogP contribution is -2.31. The quantitative estimate of drug-likeness (QED) is 0.666. The number of nitrogens with zero attached hydrogens (tertiary/aromatic N) is 3. The molecule has 2 heterocycles. The molecule has 1 aromatic carbocycles. The van der Waals surface area contributed by atoms with Crippen LogP contribution in [0.25, 0.3) is 0 Å². The van der Waals surface area contributed by atoms with E-state index in [0.29, 0.717) is 6.54 Å². The Kier molecular flexibility index (Phi) is 4.29. The van der Waals surface area contributed by atoms with Crippen molar-refractivity contribution in [3.05, 3.63) is 65.3 Å². The van der Waals surface area contributed by atoms with E-state index >= 15 is 0 Å². The van der Waals surface area contributed by atoms with Gasteiger partial charge in [0.15, 0.2) is 5.82 Å². The van der Waals surface area contributed by atoms with E-state index in [1.54, 1.807) is 12.5 Å². The number of H-pyrrole nitrogens is 1. The molecule has 0 aliphatic heterocycles. The van der Waals surface area contributed by atoms with Gasteiger partial charge in [0, 0.05) is 18.9 Å². The van der Waals surface area contributed by atoms with Gasteiger partial charge in [-0.25, -0.2) is 4.98 Å². The summed E-state index contributed by atoms with van der Waals surface area (Å²) in [7, 11) is 0. The molecule has 0 saturated heterocycles. The zero-order valence-corrected chi connectivity index (χ0v) is 12.9. The maximum absolute atomic E-state index is 12.4. The van der Waals surface area contributed by atoms with Crippen LogP contribution in [-0.4, -0.2) is 25.7 Å². The van der Waals surface area contributed by atoms with Crippen LogP contribution in [0.1, 0.15) is 22.1 Å². The van der Waals surface area contributed by atoms with E-state index in [2.05, 4.69) is 20.5 Å². The van der Waals surface area contributed by atoms with Gasteiger partial charge in [0.2, 0.25) is 0 Å². The van der Waals surface area contributed by atoms with Gasteiger partial charge in [-0.2, -0.15) is 5.10 Å². The van der Waals surface area contributed by atoms with Crippen LogP contribution in [0.5, 0.6) is 0 Å². The molecule has 0 fully saturated rings. The second kappa shape index (κ2) is 6.53. The number of anilines is 1. The van der Waals surface area contributed by atoms with Gasteiger partial charge >= 0.3 is 0 Å². The molecule has 4 N–H and O–H groups in total. The number of amides is 1. The maximum atomic E-state index is 12.4. The highest BCUT2D eigenvalue weighted by atomic mass is 35.5. The normalized spacial score (nSPS) is 12.0. The maximum Gasteiger partial charge on any atom is 0.271 e. The van der Waals surface area contributed by atoms with Crippen molar-refractivity contribution in [2.24, 2.45) is 0 Å². The van der Waals surface area contributed by atoms with Crippen molar-refractivity contribution in [2.75, 3.05) is 5.73 Å². The first-order chi connectivity index (χ1) is 11.1. The standard InChI is InChI=1S/C15H15ClN6O/c16-12-13(20-21-14(12)17)15(23)19-11(8-22-7-6-18-9-22)10-4-2-1-3-5-10/h1-7,9,11H,8H2,(H,19,23)(H3,17,20,21)/t11-/m0/s1. The van der Waals surface area contributed by atoms with Gasteiger partial charge < -0.3 is 15.6 Å². The number of aromatic nitrogens is 4. The molecule has 1 amide bonds. The van der Waals surface area contributed by atoms with Gasteiger partial charge in [0.25, 0.3) is 5.91 Å². The molecule has 2 aromatic heterocycles. The van der Waals surface area contributed by atoms with Crippen LogP contribution in [0.15, 0.2) is 49.1 Å². The fourth-order valence-corrected chi connectivity index (χ4v) is 2.42. The van der Waals surface area contributed by atoms with E-state index in [0.717, 1.165) is 5.56 Å². The molecule has 0 radical (unpaired) electrons. The minimum atomic E-state index is -0.367. The fraction of sp³-hybridized carbons (Fsp3) is 0.133. The van der Waals surface area contributed by atoms with E-state index < -0.39 is 0 Å². The average Bonchev–Trinajstić information content (AvgIpc) is 3.18. The topological polar surface area (TPSA) is 102 Å². The molecular weight excluding hydrogens is 316 g/mol. The summed E-state index contributed by atoms with van der Waals surface area (Å²) >= 11 is 5.98. The van der Waals surface area contributed by atoms with E-state index in [1.807, 2.05) is 41.1 Å². The third-order valence-corrected chi connectivity index (χ3v) is 3.80. The summed E-state index contributed by atoms with van der Waals surface area (Å²) in [5.41, 5.74) is 6.68. The first-order valence-electron chi connectivity index (χ1n) is 6.96. The van der Waals surface area contributed by atoms with Crippen molar-refractivity contribution >= 4 is 23.3 Å². The van der Waals surface area contributed by atoms with Crippen LogP contribution < -0.4 is 11.1 Å². The Hall–Kier alpha value is -2.80. The van der Waals surface area contributed by atoms with Crippen LogP contribution in [0.4, 0.5) is 5.82 Å². The lowest BCUT2D eigenvalue weighted by Gasteiger charge is -2.19. The minimum absolute atomic E-state index is 0.0997. The van der Waals surface area contributed by atoms with Gasteiger partial charge in [-0.1, -0.05) is 41.9 Å². The number of carbonyl (C=O) groups is 1. The summed E-state index contributed by atoms with van der Waals surface area (Å²) in [6, 6.07) is 9.41. The Labute approximate surface area is 137 Å². The highest BCUT2D eigenvalue weighted by Crippen LogP contribution is 2.21. The van der Waals surface area contributed by atoms with Crippen molar-refractivity contribution in [3.63, 3.8) is 0 Å². The molecular formula is C15H15ClN6O. The number of hydrogen-bond donors (Lipinski definition) is 3. The lowest BCUT2D eigenvalue weighted by atomic mass is 10.1. The van der Waals surface area contributed by atoms with E-state index in [9.17, 15) is 4.79 Å². The summed E-state index contributed by atoms with van der Waals surface area (Å²) in [5, 5.41) is 9.35. The van der Waals surface area contributed by atoms with Gasteiger partial charge in [-0.05, 0) is 5.56 Å². The molecule has 118 valence electrons. The monoisotopic (exact) mass is 330 g/mol. The molecule has 3 rings (SSSR count). The average molecular weight is 331 g/mol. The van der Waals surface area contributed by atoms with Crippen LogP contribution in [0, 0.1) is 0 Å². The number of hydrogen-bond acceptors (Lipinski definition) is 4. The summed E-state index contributed by atoms with van der Waals surface area (Å²) in [6.45, 7) is 0.539. The van der Waals surface area contributed by atoms with E-state index in [1.165, 1.54) is 0 Å². The molecule has 8 heteroatoms. The van der Waals surface area contributed by atoms with Gasteiger partial charge in [0.1, 0.15) is 10.7 Å². The summed E-state index contributed by atoms with van der Waals surface area (Å²) < 4.78 is 1.89. The molecule has 7 nitrogen and oxygen atoms in total. The minimum Gasteiger partial charge on any atom is -0.381 e. The molecule has 0 saturated carbocycles. The number of aromatic amines is 1. The lowest BCUT2D eigenvalue weighted by molar-refractivity contribution is 0.0927. The van der Waals surface area contributed by atoms with Crippen molar-refractivity contribution in [1.82, 2.24) is 25.1 Å². The fourth-order valence-electron chi connectivity index (χ4n) is 2.25. The van der Waals surface area contributed by atoms with Gasteiger partial charge in [-0.3, -0.25) is 9.89 Å². The van der Waals surface area contributed by atoms with Crippen LogP contribution >= 0.6 is 11.6 Å². The number of benzene rings is 1. The van der Waals surface area contributed by atoms with Crippen molar-refractivity contribution < 1.29 is 4.79 Å². The van der Waals surface area contributed by atoms with Crippen LogP contribution in [0.2, 0.25) is 5.02 Å². The van der Waals surface area contributed by atoms with Crippen molar-refractivity contribution in [2.45, 2.75) is 12.6 Å². The SMILES string of the molecule is Nc1n[nH]c(C(=O)N[C@@H](Cn2ccnc2)c2ccccc2)c1Cl. The third kappa shape index (κ3) is 3.35.